The molecule has 1 unspecified atom stereocenters. The molecule has 1 aromatic heterocycles. The van der Waals surface area contributed by atoms with E-state index in [2.05, 4.69) is 10.3 Å². The normalized spacial score (nSPS) is 13.7. The van der Waals surface area contributed by atoms with Gasteiger partial charge in [-0.15, -0.1) is 0 Å². The van der Waals surface area contributed by atoms with Crippen LogP contribution < -0.4 is 5.32 Å². The van der Waals surface area contributed by atoms with E-state index in [4.69, 9.17) is 4.74 Å². The number of hydrogen-bond acceptors (Lipinski definition) is 4. The molecule has 5 nitrogen and oxygen atoms in total. The summed E-state index contributed by atoms with van der Waals surface area (Å²) in [5.41, 5.74) is -0.0537. The number of esters is 1. The molecule has 0 spiro atoms. The Bertz CT molecular complexity index is 595. The van der Waals surface area contributed by atoms with Crippen molar-refractivity contribution in [3.63, 3.8) is 0 Å². The highest BCUT2D eigenvalue weighted by Gasteiger charge is 2.41. The molecular formula is C16H21N3O2. The van der Waals surface area contributed by atoms with Crippen molar-refractivity contribution in [1.82, 2.24) is 14.9 Å². The van der Waals surface area contributed by atoms with Gasteiger partial charge in [-0.25, -0.2) is 9.78 Å². The van der Waals surface area contributed by atoms with Crippen molar-refractivity contribution in [2.45, 2.75) is 25.9 Å². The van der Waals surface area contributed by atoms with Crippen LogP contribution in [-0.4, -0.2) is 29.2 Å². The first kappa shape index (κ1) is 15.3. The van der Waals surface area contributed by atoms with Gasteiger partial charge in [-0.3, -0.25) is 5.32 Å². The van der Waals surface area contributed by atoms with E-state index in [-0.39, 0.29) is 5.97 Å². The minimum atomic E-state index is -0.928. The third-order valence-corrected chi connectivity index (χ3v) is 3.65. The Labute approximate surface area is 125 Å². The van der Waals surface area contributed by atoms with E-state index in [1.54, 1.807) is 13.2 Å². The highest BCUT2D eigenvalue weighted by atomic mass is 16.5. The Kier molecular flexibility index (Phi) is 4.75. The first-order valence-electron chi connectivity index (χ1n) is 7.03. The van der Waals surface area contributed by atoms with Gasteiger partial charge in [0.15, 0.2) is 5.54 Å². The maximum Gasteiger partial charge on any atom is 0.332 e. The lowest BCUT2D eigenvalue weighted by molar-refractivity contribution is -0.152. The van der Waals surface area contributed by atoms with Crippen molar-refractivity contribution in [1.29, 1.82) is 0 Å². The van der Waals surface area contributed by atoms with Gasteiger partial charge in [-0.05, 0) is 26.5 Å². The Morgan fingerprint density at radius 3 is 2.62 bits per heavy atom. The van der Waals surface area contributed by atoms with Gasteiger partial charge in [0.25, 0.3) is 0 Å². The minimum absolute atomic E-state index is 0.285. The van der Waals surface area contributed by atoms with Crippen molar-refractivity contribution in [2.24, 2.45) is 0 Å². The van der Waals surface area contributed by atoms with Crippen LogP contribution in [0, 0.1) is 6.92 Å². The van der Waals surface area contributed by atoms with Crippen LogP contribution >= 0.6 is 0 Å². The second-order valence-corrected chi connectivity index (χ2v) is 4.84. The Morgan fingerprint density at radius 1 is 1.38 bits per heavy atom. The molecule has 1 heterocycles. The van der Waals surface area contributed by atoms with Crippen LogP contribution in [0.4, 0.5) is 0 Å². The molecule has 1 aromatic carbocycles. The lowest BCUT2D eigenvalue weighted by Crippen LogP contribution is -2.51. The fourth-order valence-electron chi connectivity index (χ4n) is 2.40. The molecule has 0 amide bonds. The van der Waals surface area contributed by atoms with E-state index in [0.29, 0.717) is 13.2 Å². The second-order valence-electron chi connectivity index (χ2n) is 4.84. The zero-order valence-electron chi connectivity index (χ0n) is 12.7. The van der Waals surface area contributed by atoms with Crippen molar-refractivity contribution in [2.75, 3.05) is 13.7 Å². The molecule has 0 fully saturated rings. The number of ether oxygens (including phenoxy) is 1. The molecule has 0 aliphatic heterocycles. The van der Waals surface area contributed by atoms with E-state index in [9.17, 15) is 4.79 Å². The van der Waals surface area contributed by atoms with Crippen LogP contribution in [-0.2, 0) is 21.6 Å². The molecule has 0 bridgehead atoms. The smallest absolute Gasteiger partial charge is 0.332 e. The summed E-state index contributed by atoms with van der Waals surface area (Å²) in [5, 5.41) is 3.16. The number of aryl methyl sites for hydroxylation is 1. The number of imidazole rings is 1. The summed E-state index contributed by atoms with van der Waals surface area (Å²) in [6, 6.07) is 9.62. The van der Waals surface area contributed by atoms with Crippen molar-refractivity contribution in [3.8, 4) is 0 Å². The SMILES string of the molecule is CCOC(=O)C(Cn1ccnc1C)(NC)c1ccccc1. The molecule has 2 rings (SSSR count). The van der Waals surface area contributed by atoms with Gasteiger partial charge in [-0.1, -0.05) is 30.3 Å². The van der Waals surface area contributed by atoms with Gasteiger partial charge in [0.2, 0.25) is 0 Å². The van der Waals surface area contributed by atoms with Crippen LogP contribution in [0.5, 0.6) is 0 Å². The summed E-state index contributed by atoms with van der Waals surface area (Å²) < 4.78 is 7.25. The largest absolute Gasteiger partial charge is 0.464 e. The molecule has 0 radical (unpaired) electrons. The maximum absolute atomic E-state index is 12.6. The van der Waals surface area contributed by atoms with Gasteiger partial charge >= 0.3 is 5.97 Å². The number of nitrogens with one attached hydrogen (secondary N) is 1. The molecule has 0 saturated carbocycles. The Balaban J connectivity index is 2.47. The zero-order valence-corrected chi connectivity index (χ0v) is 12.7. The fourth-order valence-corrected chi connectivity index (χ4v) is 2.40. The van der Waals surface area contributed by atoms with Crippen LogP contribution in [0.15, 0.2) is 42.7 Å². The third-order valence-electron chi connectivity index (χ3n) is 3.65. The molecule has 5 heteroatoms. The van der Waals surface area contributed by atoms with Crippen molar-refractivity contribution in [3.05, 3.63) is 54.1 Å². The Morgan fingerprint density at radius 2 is 2.10 bits per heavy atom. The minimum Gasteiger partial charge on any atom is -0.464 e. The van der Waals surface area contributed by atoms with Gasteiger partial charge < -0.3 is 9.30 Å². The third kappa shape index (κ3) is 2.97. The molecular weight excluding hydrogens is 266 g/mol. The number of carbonyl (C=O) groups is 1. The first-order valence-corrected chi connectivity index (χ1v) is 7.03. The quantitative estimate of drug-likeness (QED) is 0.824. The zero-order chi connectivity index (χ0) is 15.3. The molecule has 112 valence electrons. The van der Waals surface area contributed by atoms with E-state index in [1.165, 1.54) is 0 Å². The summed E-state index contributed by atoms with van der Waals surface area (Å²) in [6.45, 7) is 4.50. The summed E-state index contributed by atoms with van der Waals surface area (Å²) in [4.78, 5) is 16.8. The number of benzene rings is 1. The number of hydrogen-bond donors (Lipinski definition) is 1. The number of carbonyl (C=O) groups excluding carboxylic acids is 1. The maximum atomic E-state index is 12.6. The van der Waals surface area contributed by atoms with Gasteiger partial charge in [0.05, 0.1) is 13.2 Å². The molecule has 1 atom stereocenters. The van der Waals surface area contributed by atoms with E-state index < -0.39 is 5.54 Å². The van der Waals surface area contributed by atoms with Crippen LogP contribution in [0.3, 0.4) is 0 Å². The van der Waals surface area contributed by atoms with E-state index in [1.807, 2.05) is 54.9 Å². The van der Waals surface area contributed by atoms with Gasteiger partial charge in [0.1, 0.15) is 5.82 Å². The standard InChI is InChI=1S/C16H21N3O2/c1-4-21-15(20)16(17-3,14-8-6-5-7-9-14)12-19-11-10-18-13(19)2/h5-11,17H,4,12H2,1-3H3. The summed E-state index contributed by atoms with van der Waals surface area (Å²) in [6.07, 6.45) is 3.59. The van der Waals surface area contributed by atoms with Crippen LogP contribution in [0.2, 0.25) is 0 Å². The summed E-state index contributed by atoms with van der Waals surface area (Å²) in [5.74, 6) is 0.571. The average molecular weight is 287 g/mol. The van der Waals surface area contributed by atoms with Crippen molar-refractivity contribution >= 4 is 5.97 Å². The summed E-state index contributed by atoms with van der Waals surface area (Å²) in [7, 11) is 1.77. The predicted molar refractivity (Wildman–Crippen MR) is 80.8 cm³/mol. The second kappa shape index (κ2) is 6.54. The van der Waals surface area contributed by atoms with Gasteiger partial charge in [0, 0.05) is 12.4 Å². The van der Waals surface area contributed by atoms with Crippen molar-refractivity contribution < 1.29 is 9.53 Å². The lowest BCUT2D eigenvalue weighted by Gasteiger charge is -2.32. The topological polar surface area (TPSA) is 56.2 Å². The molecule has 0 aliphatic carbocycles. The number of aromatic nitrogens is 2. The van der Waals surface area contributed by atoms with E-state index >= 15 is 0 Å². The lowest BCUT2D eigenvalue weighted by atomic mass is 9.89. The highest BCUT2D eigenvalue weighted by molar-refractivity contribution is 5.82. The molecule has 0 aliphatic rings. The molecule has 1 N–H and O–H groups in total. The van der Waals surface area contributed by atoms with E-state index in [0.717, 1.165) is 11.4 Å². The fraction of sp³-hybridized carbons (Fsp3) is 0.375. The van der Waals surface area contributed by atoms with Crippen LogP contribution in [0.25, 0.3) is 0 Å². The Hall–Kier alpha value is -2.14. The molecule has 21 heavy (non-hydrogen) atoms. The summed E-state index contributed by atoms with van der Waals surface area (Å²) >= 11 is 0. The molecule has 2 aromatic rings. The number of rotatable bonds is 6. The molecule has 0 saturated heterocycles. The number of nitrogens with zero attached hydrogens (tertiary/aromatic N) is 2. The average Bonchev–Trinajstić information content (AvgIpc) is 2.91. The van der Waals surface area contributed by atoms with Crippen LogP contribution in [0.1, 0.15) is 18.3 Å². The first-order chi connectivity index (χ1) is 10.1. The number of likely N-dealkylation sites (N-methyl/N-ethyl adjacent to an activating group) is 1. The van der Waals surface area contributed by atoms with Gasteiger partial charge in [-0.2, -0.15) is 0 Å². The highest BCUT2D eigenvalue weighted by Crippen LogP contribution is 2.25. The predicted octanol–water partition coefficient (Wildman–Crippen LogP) is 1.87. The monoisotopic (exact) mass is 287 g/mol.